The van der Waals surface area contributed by atoms with E-state index in [2.05, 4.69) is 19.9 Å². The first-order valence-electron chi connectivity index (χ1n) is 10.9. The van der Waals surface area contributed by atoms with E-state index in [9.17, 15) is 9.59 Å². The van der Waals surface area contributed by atoms with Crippen molar-refractivity contribution in [1.29, 1.82) is 5.26 Å². The molecule has 0 aliphatic carbocycles. The molecular formula is C25H29N3O4. The summed E-state index contributed by atoms with van der Waals surface area (Å²) in [6, 6.07) is 14.7. The number of carbonyl (C=O) groups is 2. The Morgan fingerprint density at radius 2 is 1.62 bits per heavy atom. The van der Waals surface area contributed by atoms with Gasteiger partial charge in [0.05, 0.1) is 18.2 Å². The topological polar surface area (TPSA) is 82.9 Å². The van der Waals surface area contributed by atoms with Gasteiger partial charge in [-0.2, -0.15) is 5.26 Å². The fourth-order valence-electron chi connectivity index (χ4n) is 3.55. The molecule has 1 heterocycles. The number of hydrogen-bond donors (Lipinski definition) is 0. The van der Waals surface area contributed by atoms with Gasteiger partial charge in [-0.25, -0.2) is 0 Å². The summed E-state index contributed by atoms with van der Waals surface area (Å²) >= 11 is 0. The smallest absolute Gasteiger partial charge is 0.260 e. The van der Waals surface area contributed by atoms with Crippen molar-refractivity contribution in [2.45, 2.75) is 26.7 Å². The number of benzene rings is 2. The van der Waals surface area contributed by atoms with E-state index in [1.54, 1.807) is 28.0 Å². The maximum absolute atomic E-state index is 12.8. The summed E-state index contributed by atoms with van der Waals surface area (Å²) in [5.41, 5.74) is 2.33. The Bertz CT molecular complexity index is 987. The van der Waals surface area contributed by atoms with Gasteiger partial charge >= 0.3 is 0 Å². The Balaban J connectivity index is 1.52. The van der Waals surface area contributed by atoms with Crippen LogP contribution in [0, 0.1) is 11.3 Å². The van der Waals surface area contributed by atoms with Crippen molar-refractivity contribution >= 4 is 11.8 Å². The maximum Gasteiger partial charge on any atom is 0.260 e. The number of carbonyl (C=O) groups excluding carboxylic acids is 2. The quantitative estimate of drug-likeness (QED) is 0.665. The van der Waals surface area contributed by atoms with E-state index < -0.39 is 0 Å². The normalized spacial score (nSPS) is 13.6. The Hall–Kier alpha value is -3.53. The van der Waals surface area contributed by atoms with Crippen LogP contribution in [-0.4, -0.2) is 61.0 Å². The van der Waals surface area contributed by atoms with Crippen LogP contribution < -0.4 is 9.47 Å². The van der Waals surface area contributed by atoms with Gasteiger partial charge in [0.25, 0.3) is 11.8 Å². The molecule has 0 saturated carbocycles. The van der Waals surface area contributed by atoms with E-state index in [1.807, 2.05) is 31.2 Å². The van der Waals surface area contributed by atoms with Crippen molar-refractivity contribution in [2.24, 2.45) is 0 Å². The summed E-state index contributed by atoms with van der Waals surface area (Å²) in [4.78, 5) is 28.9. The number of amides is 2. The van der Waals surface area contributed by atoms with Gasteiger partial charge in [-0.15, -0.1) is 0 Å². The van der Waals surface area contributed by atoms with Crippen LogP contribution in [0.2, 0.25) is 0 Å². The molecule has 7 nitrogen and oxygen atoms in total. The largest absolute Gasteiger partial charge is 0.490 e. The van der Waals surface area contributed by atoms with Gasteiger partial charge in [-0.05, 0) is 42.7 Å². The minimum Gasteiger partial charge on any atom is -0.490 e. The molecule has 0 bridgehead atoms. The number of ether oxygens (including phenoxy) is 2. The predicted octanol–water partition coefficient (Wildman–Crippen LogP) is 3.44. The molecule has 0 aromatic heterocycles. The van der Waals surface area contributed by atoms with Crippen LogP contribution in [0.25, 0.3) is 0 Å². The van der Waals surface area contributed by atoms with Crippen molar-refractivity contribution in [3.63, 3.8) is 0 Å². The molecule has 2 aromatic rings. The molecule has 2 aromatic carbocycles. The lowest BCUT2D eigenvalue weighted by molar-refractivity contribution is -0.134. The molecule has 7 heteroatoms. The third-order valence-electron chi connectivity index (χ3n) is 5.47. The molecule has 0 unspecified atom stereocenters. The first-order chi connectivity index (χ1) is 15.4. The second-order valence-electron chi connectivity index (χ2n) is 7.94. The summed E-state index contributed by atoms with van der Waals surface area (Å²) in [5, 5.41) is 9.04. The number of nitriles is 1. The molecular weight excluding hydrogens is 406 g/mol. The zero-order valence-electron chi connectivity index (χ0n) is 18.8. The molecule has 1 aliphatic heterocycles. The minimum atomic E-state index is -0.148. The lowest BCUT2D eigenvalue weighted by Crippen LogP contribution is -2.51. The summed E-state index contributed by atoms with van der Waals surface area (Å²) in [7, 11) is 0. The van der Waals surface area contributed by atoms with Crippen LogP contribution in [0.3, 0.4) is 0 Å². The third-order valence-corrected chi connectivity index (χ3v) is 5.47. The average Bonchev–Trinajstić information content (AvgIpc) is 2.82. The molecule has 0 radical (unpaired) electrons. The van der Waals surface area contributed by atoms with Crippen LogP contribution in [0.4, 0.5) is 0 Å². The summed E-state index contributed by atoms with van der Waals surface area (Å²) in [6.07, 6.45) is 0. The lowest BCUT2D eigenvalue weighted by Gasteiger charge is -2.34. The molecule has 1 aliphatic rings. The number of piperazine rings is 1. The molecule has 0 atom stereocenters. The Kier molecular flexibility index (Phi) is 7.72. The Morgan fingerprint density at radius 3 is 2.22 bits per heavy atom. The van der Waals surface area contributed by atoms with Crippen LogP contribution in [0.5, 0.6) is 11.5 Å². The predicted molar refractivity (Wildman–Crippen MR) is 121 cm³/mol. The molecule has 0 spiro atoms. The standard InChI is InChI=1S/C25H29N3O4/c1-4-31-23-15-19(16-26)5-10-22(23)32-17-24(29)27-11-13-28(14-12-27)25(30)21-8-6-20(7-9-21)18(2)3/h5-10,15,18H,4,11-14,17H2,1-3H3. The molecule has 168 valence electrons. The van der Waals surface area contributed by atoms with Crippen molar-refractivity contribution < 1.29 is 19.1 Å². The highest BCUT2D eigenvalue weighted by Gasteiger charge is 2.25. The van der Waals surface area contributed by atoms with Crippen molar-refractivity contribution in [3.8, 4) is 17.6 Å². The van der Waals surface area contributed by atoms with Crippen molar-refractivity contribution in [3.05, 3.63) is 59.2 Å². The minimum absolute atomic E-state index is 0.0115. The highest BCUT2D eigenvalue weighted by Crippen LogP contribution is 2.28. The zero-order chi connectivity index (χ0) is 23.1. The molecule has 1 fully saturated rings. The van der Waals surface area contributed by atoms with Gasteiger partial charge < -0.3 is 19.3 Å². The highest BCUT2D eigenvalue weighted by atomic mass is 16.5. The highest BCUT2D eigenvalue weighted by molar-refractivity contribution is 5.94. The van der Waals surface area contributed by atoms with Crippen LogP contribution in [0.15, 0.2) is 42.5 Å². The van der Waals surface area contributed by atoms with E-state index in [-0.39, 0.29) is 18.4 Å². The van der Waals surface area contributed by atoms with Crippen LogP contribution in [-0.2, 0) is 4.79 Å². The van der Waals surface area contributed by atoms with E-state index in [1.165, 1.54) is 5.56 Å². The lowest BCUT2D eigenvalue weighted by atomic mass is 10.0. The summed E-state index contributed by atoms with van der Waals surface area (Å²) in [5.74, 6) is 1.13. The maximum atomic E-state index is 12.8. The van der Waals surface area contributed by atoms with Crippen molar-refractivity contribution in [1.82, 2.24) is 9.80 Å². The van der Waals surface area contributed by atoms with E-state index in [4.69, 9.17) is 14.7 Å². The fraction of sp³-hybridized carbons (Fsp3) is 0.400. The van der Waals surface area contributed by atoms with Gasteiger partial charge in [0.15, 0.2) is 18.1 Å². The van der Waals surface area contributed by atoms with Gasteiger partial charge in [0.1, 0.15) is 0 Å². The van der Waals surface area contributed by atoms with Gasteiger partial charge in [-0.1, -0.05) is 26.0 Å². The van der Waals surface area contributed by atoms with Gasteiger partial charge in [-0.3, -0.25) is 9.59 Å². The summed E-state index contributed by atoms with van der Waals surface area (Å²) in [6.45, 7) is 8.27. The van der Waals surface area contributed by atoms with Gasteiger partial charge in [0, 0.05) is 37.8 Å². The second-order valence-corrected chi connectivity index (χ2v) is 7.94. The second kappa shape index (κ2) is 10.7. The van der Waals surface area contributed by atoms with Crippen molar-refractivity contribution in [2.75, 3.05) is 39.4 Å². The monoisotopic (exact) mass is 435 g/mol. The molecule has 32 heavy (non-hydrogen) atoms. The Labute approximate surface area is 189 Å². The molecule has 2 amide bonds. The zero-order valence-corrected chi connectivity index (χ0v) is 18.8. The van der Waals surface area contributed by atoms with Crippen LogP contribution in [0.1, 0.15) is 48.2 Å². The number of hydrogen-bond acceptors (Lipinski definition) is 5. The fourth-order valence-corrected chi connectivity index (χ4v) is 3.55. The van der Waals surface area contributed by atoms with E-state index >= 15 is 0 Å². The molecule has 0 N–H and O–H groups in total. The number of rotatable bonds is 7. The average molecular weight is 436 g/mol. The van der Waals surface area contributed by atoms with Crippen LogP contribution >= 0.6 is 0 Å². The van der Waals surface area contributed by atoms with Gasteiger partial charge in [0.2, 0.25) is 0 Å². The van der Waals surface area contributed by atoms with E-state index in [0.717, 1.165) is 0 Å². The first kappa shape index (κ1) is 23.1. The number of nitrogens with zero attached hydrogens (tertiary/aromatic N) is 3. The first-order valence-corrected chi connectivity index (χ1v) is 10.9. The third kappa shape index (κ3) is 5.58. The SMILES string of the molecule is CCOc1cc(C#N)ccc1OCC(=O)N1CCN(C(=O)c2ccc(C(C)C)cc2)CC1. The summed E-state index contributed by atoms with van der Waals surface area (Å²) < 4.78 is 11.2. The Morgan fingerprint density at radius 1 is 0.969 bits per heavy atom. The molecule has 3 rings (SSSR count). The van der Waals surface area contributed by atoms with E-state index in [0.29, 0.717) is 61.3 Å². The molecule has 1 saturated heterocycles.